The van der Waals surface area contributed by atoms with Crippen molar-refractivity contribution in [1.82, 2.24) is 14.9 Å². The maximum Gasteiger partial charge on any atom is 0.225 e. The molecule has 24 heavy (non-hydrogen) atoms. The van der Waals surface area contributed by atoms with E-state index >= 15 is 0 Å². The summed E-state index contributed by atoms with van der Waals surface area (Å²) in [5.74, 6) is 1.87. The fraction of sp³-hybridized carbons (Fsp3) is 0.579. The van der Waals surface area contributed by atoms with Gasteiger partial charge in [0.2, 0.25) is 5.95 Å². The molecule has 2 aromatic rings. The van der Waals surface area contributed by atoms with E-state index in [1.165, 1.54) is 50.6 Å². The minimum Gasteiger partial charge on any atom is -0.356 e. The molecule has 2 saturated heterocycles. The molecule has 0 bridgehead atoms. The number of nitrogens with one attached hydrogen (secondary N) is 1. The van der Waals surface area contributed by atoms with E-state index in [0.29, 0.717) is 0 Å². The Morgan fingerprint density at radius 1 is 0.875 bits per heavy atom. The molecule has 0 saturated carbocycles. The molecule has 2 aliphatic rings. The number of nitrogens with zero attached hydrogens (tertiary/aromatic N) is 4. The first-order valence-corrected chi connectivity index (χ1v) is 9.38. The van der Waals surface area contributed by atoms with Crippen LogP contribution in [0.25, 0.3) is 10.9 Å². The number of anilines is 2. The largest absolute Gasteiger partial charge is 0.356 e. The van der Waals surface area contributed by atoms with Crippen molar-refractivity contribution < 1.29 is 0 Å². The third-order valence-corrected chi connectivity index (χ3v) is 5.15. The van der Waals surface area contributed by atoms with Crippen LogP contribution in [-0.2, 0) is 0 Å². The number of benzene rings is 1. The molecule has 5 heteroatoms. The Morgan fingerprint density at radius 3 is 2.46 bits per heavy atom. The van der Waals surface area contributed by atoms with E-state index in [0.717, 1.165) is 43.5 Å². The molecular weight excluding hydrogens is 298 g/mol. The van der Waals surface area contributed by atoms with Gasteiger partial charge in [0.1, 0.15) is 5.82 Å². The zero-order valence-electron chi connectivity index (χ0n) is 14.4. The first-order valence-electron chi connectivity index (χ1n) is 9.38. The number of para-hydroxylation sites is 1. The maximum atomic E-state index is 4.87. The molecule has 0 amide bonds. The summed E-state index contributed by atoms with van der Waals surface area (Å²) in [6.07, 6.45) is 6.53. The Kier molecular flexibility index (Phi) is 4.78. The zero-order chi connectivity index (χ0) is 16.2. The van der Waals surface area contributed by atoms with E-state index < -0.39 is 0 Å². The van der Waals surface area contributed by atoms with Gasteiger partial charge in [-0.2, -0.15) is 4.98 Å². The van der Waals surface area contributed by atoms with E-state index in [2.05, 4.69) is 39.4 Å². The molecule has 1 aromatic carbocycles. The summed E-state index contributed by atoms with van der Waals surface area (Å²) in [6.45, 7) is 6.67. The Bertz CT molecular complexity index is 675. The van der Waals surface area contributed by atoms with Crippen molar-refractivity contribution in [1.29, 1.82) is 0 Å². The second-order valence-electron chi connectivity index (χ2n) is 6.91. The Labute approximate surface area is 144 Å². The lowest BCUT2D eigenvalue weighted by Gasteiger charge is -2.29. The number of fused-ring (bicyclic) bond motifs is 1. The van der Waals surface area contributed by atoms with Crippen molar-refractivity contribution >= 4 is 22.7 Å². The number of likely N-dealkylation sites (tertiary alicyclic amines) is 1. The van der Waals surface area contributed by atoms with Gasteiger partial charge < -0.3 is 15.1 Å². The van der Waals surface area contributed by atoms with Gasteiger partial charge in [0, 0.05) is 31.6 Å². The van der Waals surface area contributed by atoms with Crippen molar-refractivity contribution in [2.75, 3.05) is 49.5 Å². The average molecular weight is 325 g/mol. The summed E-state index contributed by atoms with van der Waals surface area (Å²) in [4.78, 5) is 14.5. The highest BCUT2D eigenvalue weighted by Crippen LogP contribution is 2.27. The molecule has 4 rings (SSSR count). The third kappa shape index (κ3) is 3.46. The lowest BCUT2D eigenvalue weighted by atomic mass is 10.1. The molecule has 2 aliphatic heterocycles. The minimum absolute atomic E-state index is 0.772. The molecule has 0 aliphatic carbocycles. The molecule has 0 spiro atoms. The monoisotopic (exact) mass is 325 g/mol. The van der Waals surface area contributed by atoms with Gasteiger partial charge >= 0.3 is 0 Å². The van der Waals surface area contributed by atoms with Crippen LogP contribution >= 0.6 is 0 Å². The molecule has 3 heterocycles. The highest BCUT2D eigenvalue weighted by atomic mass is 15.2. The highest BCUT2D eigenvalue weighted by molar-refractivity contribution is 5.90. The Hall–Kier alpha value is -1.88. The number of hydrogen-bond acceptors (Lipinski definition) is 5. The fourth-order valence-electron chi connectivity index (χ4n) is 3.82. The topological polar surface area (TPSA) is 44.3 Å². The number of hydrogen-bond donors (Lipinski definition) is 1. The molecular formula is C19H27N5. The summed E-state index contributed by atoms with van der Waals surface area (Å²) in [5.41, 5.74) is 1.04. The lowest BCUT2D eigenvalue weighted by Crippen LogP contribution is -2.31. The SMILES string of the molecule is c1ccc2c(N3CCCCC3)nc(NCCN3CCCC3)nc2c1. The number of piperidine rings is 1. The van der Waals surface area contributed by atoms with Gasteiger partial charge in [0.25, 0.3) is 0 Å². The Morgan fingerprint density at radius 2 is 1.62 bits per heavy atom. The smallest absolute Gasteiger partial charge is 0.225 e. The van der Waals surface area contributed by atoms with Crippen molar-refractivity contribution in [2.45, 2.75) is 32.1 Å². The van der Waals surface area contributed by atoms with E-state index in [-0.39, 0.29) is 0 Å². The lowest BCUT2D eigenvalue weighted by molar-refractivity contribution is 0.352. The normalized spacial score (nSPS) is 19.1. The summed E-state index contributed by atoms with van der Waals surface area (Å²) >= 11 is 0. The molecule has 0 atom stereocenters. The van der Waals surface area contributed by atoms with Crippen LogP contribution in [0.3, 0.4) is 0 Å². The van der Waals surface area contributed by atoms with Gasteiger partial charge in [-0.25, -0.2) is 4.98 Å². The van der Waals surface area contributed by atoms with Crippen LogP contribution in [0.2, 0.25) is 0 Å². The summed E-state index contributed by atoms with van der Waals surface area (Å²) in [6, 6.07) is 8.38. The van der Waals surface area contributed by atoms with Gasteiger partial charge in [-0.1, -0.05) is 12.1 Å². The van der Waals surface area contributed by atoms with E-state index in [9.17, 15) is 0 Å². The first kappa shape index (κ1) is 15.6. The van der Waals surface area contributed by atoms with Crippen LogP contribution in [0, 0.1) is 0 Å². The van der Waals surface area contributed by atoms with Crippen LogP contribution in [0.15, 0.2) is 24.3 Å². The molecule has 2 fully saturated rings. The van der Waals surface area contributed by atoms with Crippen LogP contribution in [0.4, 0.5) is 11.8 Å². The maximum absolute atomic E-state index is 4.87. The second kappa shape index (κ2) is 7.34. The van der Waals surface area contributed by atoms with Crippen LogP contribution in [0.1, 0.15) is 32.1 Å². The van der Waals surface area contributed by atoms with Crippen LogP contribution in [-0.4, -0.2) is 54.1 Å². The molecule has 5 nitrogen and oxygen atoms in total. The van der Waals surface area contributed by atoms with Crippen molar-refractivity contribution in [2.24, 2.45) is 0 Å². The first-order chi connectivity index (χ1) is 11.9. The van der Waals surface area contributed by atoms with Crippen LogP contribution < -0.4 is 10.2 Å². The average Bonchev–Trinajstić information content (AvgIpc) is 3.15. The van der Waals surface area contributed by atoms with Gasteiger partial charge in [-0.15, -0.1) is 0 Å². The molecule has 1 aromatic heterocycles. The molecule has 1 N–H and O–H groups in total. The van der Waals surface area contributed by atoms with E-state index in [1.54, 1.807) is 0 Å². The molecule has 128 valence electrons. The number of aromatic nitrogens is 2. The highest BCUT2D eigenvalue weighted by Gasteiger charge is 2.17. The van der Waals surface area contributed by atoms with E-state index in [4.69, 9.17) is 9.97 Å². The Balaban J connectivity index is 1.54. The predicted molar refractivity (Wildman–Crippen MR) is 99.8 cm³/mol. The van der Waals surface area contributed by atoms with Crippen molar-refractivity contribution in [3.8, 4) is 0 Å². The standard InChI is InChI=1S/C19H27N5/c1-4-13-24(14-5-1)18-16-8-2-3-9-17(16)21-19(22-18)20-10-15-23-11-6-7-12-23/h2-3,8-9H,1,4-7,10-15H2,(H,20,21,22). The molecule has 0 unspecified atom stereocenters. The zero-order valence-corrected chi connectivity index (χ0v) is 14.4. The summed E-state index contributed by atoms with van der Waals surface area (Å²) in [7, 11) is 0. The minimum atomic E-state index is 0.772. The fourth-order valence-corrected chi connectivity index (χ4v) is 3.82. The summed E-state index contributed by atoms with van der Waals surface area (Å²) in [5, 5.41) is 4.62. The summed E-state index contributed by atoms with van der Waals surface area (Å²) < 4.78 is 0. The van der Waals surface area contributed by atoms with Crippen molar-refractivity contribution in [3.05, 3.63) is 24.3 Å². The quantitative estimate of drug-likeness (QED) is 0.915. The van der Waals surface area contributed by atoms with Crippen LogP contribution in [0.5, 0.6) is 0 Å². The molecule has 0 radical (unpaired) electrons. The van der Waals surface area contributed by atoms with E-state index in [1.807, 2.05) is 0 Å². The van der Waals surface area contributed by atoms with Gasteiger partial charge in [0.15, 0.2) is 0 Å². The predicted octanol–water partition coefficient (Wildman–Crippen LogP) is 3.13. The van der Waals surface area contributed by atoms with Gasteiger partial charge in [-0.05, 0) is 57.3 Å². The second-order valence-corrected chi connectivity index (χ2v) is 6.91. The van der Waals surface area contributed by atoms with Gasteiger partial charge in [-0.3, -0.25) is 0 Å². The van der Waals surface area contributed by atoms with Crippen molar-refractivity contribution in [3.63, 3.8) is 0 Å². The number of rotatable bonds is 5. The third-order valence-electron chi connectivity index (χ3n) is 5.15. The van der Waals surface area contributed by atoms with Gasteiger partial charge in [0.05, 0.1) is 5.52 Å².